The molecular formula is C23H25N3S. The number of hydrazine groups is 1. The molecule has 2 aromatic carbocycles. The van der Waals surface area contributed by atoms with Crippen molar-refractivity contribution in [2.75, 3.05) is 23.0 Å². The monoisotopic (exact) mass is 375 g/mol. The SMILES string of the molecule is CCN(CC)c1ccc(C2C=C(c3cccs3)NN2c2ccccc2)cc1. The van der Waals surface area contributed by atoms with E-state index in [0.29, 0.717) is 0 Å². The normalized spacial score (nSPS) is 16.1. The summed E-state index contributed by atoms with van der Waals surface area (Å²) < 4.78 is 0. The van der Waals surface area contributed by atoms with Gasteiger partial charge in [-0.15, -0.1) is 11.3 Å². The van der Waals surface area contributed by atoms with E-state index in [-0.39, 0.29) is 6.04 Å². The van der Waals surface area contributed by atoms with Crippen LogP contribution in [0.3, 0.4) is 0 Å². The Bertz CT molecular complexity index is 881. The number of nitrogens with zero attached hydrogens (tertiary/aromatic N) is 2. The average Bonchev–Trinajstić information content (AvgIpc) is 3.40. The molecule has 0 bridgehead atoms. The van der Waals surface area contributed by atoms with Gasteiger partial charge in [-0.05, 0) is 61.2 Å². The Morgan fingerprint density at radius 1 is 0.926 bits per heavy atom. The molecule has 0 aliphatic carbocycles. The molecule has 4 heteroatoms. The molecule has 1 unspecified atom stereocenters. The predicted molar refractivity (Wildman–Crippen MR) is 117 cm³/mol. The molecule has 4 rings (SSSR count). The van der Waals surface area contributed by atoms with Gasteiger partial charge < -0.3 is 4.90 Å². The molecular weight excluding hydrogens is 350 g/mol. The highest BCUT2D eigenvalue weighted by Gasteiger charge is 2.27. The molecule has 0 spiro atoms. The number of hydrogen-bond donors (Lipinski definition) is 1. The fraction of sp³-hybridized carbons (Fsp3) is 0.217. The molecule has 1 N–H and O–H groups in total. The lowest BCUT2D eigenvalue weighted by Crippen LogP contribution is -2.33. The fourth-order valence-corrected chi connectivity index (χ4v) is 4.27. The first-order valence-electron chi connectivity index (χ1n) is 9.51. The standard InChI is InChI=1S/C23H25N3S/c1-3-25(4-2)19-14-12-18(13-15-19)22-17-21(23-11-8-16-27-23)24-26(22)20-9-6-5-7-10-20/h5-17,22,24H,3-4H2,1-2H3. The maximum atomic E-state index is 3.61. The van der Waals surface area contributed by atoms with E-state index >= 15 is 0 Å². The molecule has 0 saturated heterocycles. The number of anilines is 2. The van der Waals surface area contributed by atoms with Crippen LogP contribution in [0.15, 0.2) is 78.2 Å². The lowest BCUT2D eigenvalue weighted by atomic mass is 10.0. The van der Waals surface area contributed by atoms with Crippen LogP contribution in [0, 0.1) is 0 Å². The lowest BCUT2D eigenvalue weighted by molar-refractivity contribution is 0.724. The number of benzene rings is 2. The minimum Gasteiger partial charge on any atom is -0.372 e. The van der Waals surface area contributed by atoms with Gasteiger partial charge in [0.2, 0.25) is 0 Å². The molecule has 3 aromatic rings. The molecule has 138 valence electrons. The summed E-state index contributed by atoms with van der Waals surface area (Å²) in [4.78, 5) is 3.64. The summed E-state index contributed by atoms with van der Waals surface area (Å²) in [6.45, 7) is 6.45. The van der Waals surface area contributed by atoms with E-state index in [2.05, 4.69) is 107 Å². The fourth-order valence-electron chi connectivity index (χ4n) is 3.57. The second kappa shape index (κ2) is 7.89. The van der Waals surface area contributed by atoms with Crippen LogP contribution in [-0.2, 0) is 0 Å². The highest BCUT2D eigenvalue weighted by atomic mass is 32.1. The Labute approximate surface area is 165 Å². The highest BCUT2D eigenvalue weighted by molar-refractivity contribution is 7.11. The minimum atomic E-state index is 0.162. The molecule has 3 nitrogen and oxygen atoms in total. The second-order valence-corrected chi connectivity index (χ2v) is 7.53. The van der Waals surface area contributed by atoms with Gasteiger partial charge in [0.05, 0.1) is 22.3 Å². The zero-order valence-electron chi connectivity index (χ0n) is 15.8. The van der Waals surface area contributed by atoms with Gasteiger partial charge in [-0.3, -0.25) is 10.4 Å². The van der Waals surface area contributed by atoms with E-state index in [1.807, 2.05) is 0 Å². The Morgan fingerprint density at radius 3 is 2.30 bits per heavy atom. The quantitative estimate of drug-likeness (QED) is 0.596. The molecule has 0 fully saturated rings. The molecule has 1 aromatic heterocycles. The smallest absolute Gasteiger partial charge is 0.0958 e. The van der Waals surface area contributed by atoms with Crippen LogP contribution in [0.2, 0.25) is 0 Å². The van der Waals surface area contributed by atoms with E-state index in [9.17, 15) is 0 Å². The number of hydrogen-bond acceptors (Lipinski definition) is 4. The van der Waals surface area contributed by atoms with Gasteiger partial charge in [-0.2, -0.15) is 0 Å². The Kier molecular flexibility index (Phi) is 5.16. The summed E-state index contributed by atoms with van der Waals surface area (Å²) in [5.41, 5.74) is 8.52. The molecule has 0 amide bonds. The van der Waals surface area contributed by atoms with Gasteiger partial charge >= 0.3 is 0 Å². The number of nitrogens with one attached hydrogen (secondary N) is 1. The first-order valence-corrected chi connectivity index (χ1v) is 10.4. The molecule has 2 heterocycles. The van der Waals surface area contributed by atoms with Gasteiger partial charge in [0.15, 0.2) is 0 Å². The van der Waals surface area contributed by atoms with Crippen molar-refractivity contribution in [3.05, 3.63) is 88.6 Å². The minimum absolute atomic E-state index is 0.162. The van der Waals surface area contributed by atoms with Crippen LogP contribution in [0.4, 0.5) is 11.4 Å². The predicted octanol–water partition coefficient (Wildman–Crippen LogP) is 5.70. The van der Waals surface area contributed by atoms with Crippen LogP contribution in [0.1, 0.15) is 30.3 Å². The second-order valence-electron chi connectivity index (χ2n) is 6.58. The van der Waals surface area contributed by atoms with Crippen molar-refractivity contribution in [3.63, 3.8) is 0 Å². The van der Waals surface area contributed by atoms with Crippen molar-refractivity contribution in [2.45, 2.75) is 19.9 Å². The van der Waals surface area contributed by atoms with E-state index in [1.165, 1.54) is 21.8 Å². The summed E-state index contributed by atoms with van der Waals surface area (Å²) in [7, 11) is 0. The number of thiophene rings is 1. The molecule has 1 aliphatic rings. The maximum Gasteiger partial charge on any atom is 0.0958 e. The van der Waals surface area contributed by atoms with Crippen molar-refractivity contribution in [1.82, 2.24) is 5.43 Å². The van der Waals surface area contributed by atoms with Crippen LogP contribution in [0.25, 0.3) is 5.70 Å². The lowest BCUT2D eigenvalue weighted by Gasteiger charge is -2.28. The average molecular weight is 376 g/mol. The van der Waals surface area contributed by atoms with Crippen LogP contribution >= 0.6 is 11.3 Å². The molecule has 0 saturated carbocycles. The Morgan fingerprint density at radius 2 is 1.67 bits per heavy atom. The van der Waals surface area contributed by atoms with Crippen LogP contribution in [-0.4, -0.2) is 13.1 Å². The van der Waals surface area contributed by atoms with Gasteiger partial charge in [-0.1, -0.05) is 36.4 Å². The summed E-state index contributed by atoms with van der Waals surface area (Å²) in [6.07, 6.45) is 2.32. The molecule has 27 heavy (non-hydrogen) atoms. The Balaban J connectivity index is 1.68. The van der Waals surface area contributed by atoms with Crippen LogP contribution < -0.4 is 15.3 Å². The topological polar surface area (TPSA) is 18.5 Å². The zero-order chi connectivity index (χ0) is 18.6. The van der Waals surface area contributed by atoms with Crippen LogP contribution in [0.5, 0.6) is 0 Å². The van der Waals surface area contributed by atoms with E-state index in [4.69, 9.17) is 0 Å². The highest BCUT2D eigenvalue weighted by Crippen LogP contribution is 2.36. The number of para-hydroxylation sites is 1. The Hall–Kier alpha value is -2.72. The van der Waals surface area contributed by atoms with Crippen molar-refractivity contribution in [2.24, 2.45) is 0 Å². The summed E-state index contributed by atoms with van der Waals surface area (Å²) in [6, 6.07) is 23.9. The van der Waals surface area contributed by atoms with Gasteiger partial charge in [0, 0.05) is 18.8 Å². The van der Waals surface area contributed by atoms with E-state index in [1.54, 1.807) is 11.3 Å². The third kappa shape index (κ3) is 3.58. The summed E-state index contributed by atoms with van der Waals surface area (Å²) in [5, 5.41) is 4.37. The van der Waals surface area contributed by atoms with Gasteiger partial charge in [0.1, 0.15) is 0 Å². The van der Waals surface area contributed by atoms with Crippen molar-refractivity contribution < 1.29 is 0 Å². The molecule has 1 atom stereocenters. The third-order valence-corrected chi connectivity index (χ3v) is 5.93. The number of rotatable bonds is 6. The maximum absolute atomic E-state index is 3.61. The summed E-state index contributed by atoms with van der Waals surface area (Å²) in [5.74, 6) is 0. The van der Waals surface area contributed by atoms with E-state index in [0.717, 1.165) is 18.8 Å². The van der Waals surface area contributed by atoms with Crippen molar-refractivity contribution in [3.8, 4) is 0 Å². The third-order valence-electron chi connectivity index (χ3n) is 5.03. The molecule has 1 aliphatic heterocycles. The van der Waals surface area contributed by atoms with Crippen molar-refractivity contribution >= 4 is 28.4 Å². The first-order chi connectivity index (χ1) is 13.3. The zero-order valence-corrected chi connectivity index (χ0v) is 16.6. The van der Waals surface area contributed by atoms with Gasteiger partial charge in [0.25, 0.3) is 0 Å². The largest absolute Gasteiger partial charge is 0.372 e. The van der Waals surface area contributed by atoms with E-state index < -0.39 is 0 Å². The van der Waals surface area contributed by atoms with Crippen molar-refractivity contribution in [1.29, 1.82) is 0 Å². The molecule has 0 radical (unpaired) electrons. The van der Waals surface area contributed by atoms with Gasteiger partial charge in [-0.25, -0.2) is 0 Å². The first kappa shape index (κ1) is 17.7. The summed E-state index contributed by atoms with van der Waals surface area (Å²) >= 11 is 1.76.